The van der Waals surface area contributed by atoms with Crippen LogP contribution < -0.4 is 5.73 Å². The van der Waals surface area contributed by atoms with Gasteiger partial charge in [0.25, 0.3) is 0 Å². The average Bonchev–Trinajstić information content (AvgIpc) is 2.81. The summed E-state index contributed by atoms with van der Waals surface area (Å²) in [5.41, 5.74) is 5.49. The van der Waals surface area contributed by atoms with Gasteiger partial charge in [0.2, 0.25) is 10.0 Å². The molecule has 2 rings (SSSR count). The second kappa shape index (κ2) is 5.64. The molecule has 2 heterocycles. The first-order chi connectivity index (χ1) is 8.98. The summed E-state index contributed by atoms with van der Waals surface area (Å²) >= 11 is 0. The Kier molecular flexibility index (Phi) is 4.32. The number of piperidine rings is 1. The minimum atomic E-state index is -3.43. The van der Waals surface area contributed by atoms with E-state index in [1.807, 2.05) is 0 Å². The highest BCUT2D eigenvalue weighted by molar-refractivity contribution is 7.89. The third-order valence-corrected chi connectivity index (χ3v) is 5.90. The molecule has 1 saturated heterocycles. The second-order valence-electron chi connectivity index (χ2n) is 5.09. The first-order valence-electron chi connectivity index (χ1n) is 6.78. The van der Waals surface area contributed by atoms with E-state index in [4.69, 9.17) is 10.2 Å². The number of nitrogens with zero attached hydrogens (tertiary/aromatic N) is 1. The quantitative estimate of drug-likeness (QED) is 0.916. The van der Waals surface area contributed by atoms with Crippen molar-refractivity contribution in [1.82, 2.24) is 4.31 Å². The summed E-state index contributed by atoms with van der Waals surface area (Å²) in [6, 6.07) is 1.55. The molecule has 0 aromatic carbocycles. The van der Waals surface area contributed by atoms with Crippen molar-refractivity contribution in [3.8, 4) is 0 Å². The Hall–Kier alpha value is -0.850. The van der Waals surface area contributed by atoms with Gasteiger partial charge in [-0.05, 0) is 25.7 Å². The molecule has 0 radical (unpaired) electrons. The topological polar surface area (TPSA) is 76.5 Å². The zero-order chi connectivity index (χ0) is 14.0. The molecule has 1 fully saturated rings. The van der Waals surface area contributed by atoms with Gasteiger partial charge >= 0.3 is 0 Å². The highest BCUT2D eigenvalue weighted by Crippen LogP contribution is 2.28. The van der Waals surface area contributed by atoms with Crippen LogP contribution in [0.3, 0.4) is 0 Å². The van der Waals surface area contributed by atoms with E-state index in [0.717, 1.165) is 19.3 Å². The molecule has 2 N–H and O–H groups in total. The minimum Gasteiger partial charge on any atom is -0.464 e. The van der Waals surface area contributed by atoms with Gasteiger partial charge in [0.15, 0.2) is 0 Å². The zero-order valence-corrected chi connectivity index (χ0v) is 12.4. The van der Waals surface area contributed by atoms with Crippen LogP contribution in [-0.2, 0) is 16.6 Å². The van der Waals surface area contributed by atoms with Crippen molar-refractivity contribution in [2.75, 3.05) is 13.1 Å². The van der Waals surface area contributed by atoms with Crippen molar-refractivity contribution >= 4 is 10.0 Å². The van der Waals surface area contributed by atoms with E-state index in [1.54, 1.807) is 17.3 Å². The average molecular weight is 286 g/mol. The Morgan fingerprint density at radius 2 is 2.05 bits per heavy atom. The number of hydrogen-bond donors (Lipinski definition) is 1. The molecule has 1 aromatic rings. The monoisotopic (exact) mass is 286 g/mol. The maximum Gasteiger partial charge on any atom is 0.246 e. The molecule has 1 aliphatic rings. The predicted molar refractivity (Wildman–Crippen MR) is 73.1 cm³/mol. The number of hydrogen-bond acceptors (Lipinski definition) is 4. The predicted octanol–water partition coefficient (Wildman–Crippen LogP) is 1.86. The minimum absolute atomic E-state index is 0.217. The third kappa shape index (κ3) is 2.85. The van der Waals surface area contributed by atoms with Crippen molar-refractivity contribution in [2.24, 2.45) is 11.7 Å². The van der Waals surface area contributed by atoms with E-state index < -0.39 is 10.0 Å². The van der Waals surface area contributed by atoms with E-state index >= 15 is 0 Å². The third-order valence-electron chi connectivity index (χ3n) is 3.89. The lowest BCUT2D eigenvalue weighted by molar-refractivity contribution is 0.268. The lowest BCUT2D eigenvalue weighted by atomic mass is 9.96. The van der Waals surface area contributed by atoms with E-state index in [0.29, 0.717) is 30.5 Å². The molecule has 0 atom stereocenters. The summed E-state index contributed by atoms with van der Waals surface area (Å²) in [4.78, 5) is 0.267. The highest BCUT2D eigenvalue weighted by atomic mass is 32.2. The molecule has 0 unspecified atom stereocenters. The van der Waals surface area contributed by atoms with Crippen LogP contribution >= 0.6 is 0 Å². The van der Waals surface area contributed by atoms with Crippen LogP contribution in [-0.4, -0.2) is 25.8 Å². The second-order valence-corrected chi connectivity index (χ2v) is 7.00. The van der Waals surface area contributed by atoms with Gasteiger partial charge < -0.3 is 10.2 Å². The molecular weight excluding hydrogens is 264 g/mol. The molecular formula is C13H22N2O3S. The Morgan fingerprint density at radius 3 is 2.53 bits per heavy atom. The Balaban J connectivity index is 2.20. The lowest BCUT2D eigenvalue weighted by Gasteiger charge is -2.30. The molecule has 0 amide bonds. The maximum absolute atomic E-state index is 12.6. The van der Waals surface area contributed by atoms with Crippen molar-refractivity contribution in [2.45, 2.75) is 44.6 Å². The van der Waals surface area contributed by atoms with E-state index in [2.05, 4.69) is 6.92 Å². The number of furan rings is 1. The highest BCUT2D eigenvalue weighted by Gasteiger charge is 2.31. The van der Waals surface area contributed by atoms with E-state index in [-0.39, 0.29) is 11.4 Å². The van der Waals surface area contributed by atoms with Crippen molar-refractivity contribution in [1.29, 1.82) is 0 Å². The van der Waals surface area contributed by atoms with E-state index in [1.165, 1.54) is 0 Å². The Bertz CT molecular complexity index is 528. The lowest BCUT2D eigenvalue weighted by Crippen LogP contribution is -2.38. The first-order valence-corrected chi connectivity index (χ1v) is 8.22. The normalized spacial score (nSPS) is 18.9. The number of sulfonamides is 1. The molecule has 0 bridgehead atoms. The number of rotatable bonds is 4. The smallest absolute Gasteiger partial charge is 0.246 e. The van der Waals surface area contributed by atoms with Crippen molar-refractivity contribution in [3.63, 3.8) is 0 Å². The maximum atomic E-state index is 12.6. The summed E-state index contributed by atoms with van der Waals surface area (Å²) in [5.74, 6) is 1.59. The fourth-order valence-corrected chi connectivity index (χ4v) is 4.23. The zero-order valence-electron chi connectivity index (χ0n) is 11.6. The summed E-state index contributed by atoms with van der Waals surface area (Å²) in [5, 5.41) is 0. The van der Waals surface area contributed by atoms with Crippen LogP contribution in [0.25, 0.3) is 0 Å². The molecule has 1 aliphatic heterocycles. The number of nitrogens with two attached hydrogens (primary N) is 1. The van der Waals surface area contributed by atoms with Crippen LogP contribution in [0.2, 0.25) is 0 Å². The van der Waals surface area contributed by atoms with Gasteiger partial charge in [-0.3, -0.25) is 0 Å². The van der Waals surface area contributed by atoms with Crippen LogP contribution in [0.5, 0.6) is 0 Å². The number of aryl methyl sites for hydroxylation is 1. The Morgan fingerprint density at radius 1 is 1.42 bits per heavy atom. The van der Waals surface area contributed by atoms with Crippen molar-refractivity contribution < 1.29 is 12.8 Å². The van der Waals surface area contributed by atoms with Crippen LogP contribution in [0.4, 0.5) is 0 Å². The van der Waals surface area contributed by atoms with Gasteiger partial charge in [0, 0.05) is 19.2 Å². The van der Waals surface area contributed by atoms with Gasteiger partial charge in [-0.2, -0.15) is 4.31 Å². The molecule has 6 heteroatoms. The van der Waals surface area contributed by atoms with Crippen molar-refractivity contribution in [3.05, 3.63) is 17.6 Å². The SMILES string of the molecule is CCC1CCN(S(=O)(=O)c2cc(CN)oc2C)CC1. The molecule has 0 spiro atoms. The fourth-order valence-electron chi connectivity index (χ4n) is 2.58. The van der Waals surface area contributed by atoms with Crippen LogP contribution in [0.1, 0.15) is 37.7 Å². The largest absolute Gasteiger partial charge is 0.464 e. The standard InChI is InChI=1S/C13H22N2O3S/c1-3-11-4-6-15(7-5-11)19(16,17)13-8-12(9-14)18-10(13)2/h8,11H,3-7,9,14H2,1-2H3. The van der Waals surface area contributed by atoms with Gasteiger partial charge in [-0.15, -0.1) is 0 Å². The van der Waals surface area contributed by atoms with Gasteiger partial charge in [0.1, 0.15) is 16.4 Å². The summed E-state index contributed by atoms with van der Waals surface area (Å²) in [7, 11) is -3.43. The van der Waals surface area contributed by atoms with Gasteiger partial charge in [-0.1, -0.05) is 13.3 Å². The van der Waals surface area contributed by atoms with Crippen LogP contribution in [0, 0.1) is 12.8 Å². The summed E-state index contributed by atoms with van der Waals surface area (Å²) < 4.78 is 32.0. The first kappa shape index (κ1) is 14.6. The Labute approximate surface area is 114 Å². The summed E-state index contributed by atoms with van der Waals surface area (Å²) in [6.07, 6.45) is 3.00. The molecule has 108 valence electrons. The molecule has 19 heavy (non-hydrogen) atoms. The van der Waals surface area contributed by atoms with Crippen LogP contribution in [0.15, 0.2) is 15.4 Å². The molecule has 0 saturated carbocycles. The van der Waals surface area contributed by atoms with Gasteiger partial charge in [0.05, 0.1) is 6.54 Å². The summed E-state index contributed by atoms with van der Waals surface area (Å²) in [6.45, 7) is 5.24. The van der Waals surface area contributed by atoms with E-state index in [9.17, 15) is 8.42 Å². The molecule has 0 aliphatic carbocycles. The van der Waals surface area contributed by atoms with Gasteiger partial charge in [-0.25, -0.2) is 8.42 Å². The molecule has 1 aromatic heterocycles. The molecule has 5 nitrogen and oxygen atoms in total. The fraction of sp³-hybridized carbons (Fsp3) is 0.692.